The van der Waals surface area contributed by atoms with E-state index in [1.165, 1.54) is 12.1 Å². The molecule has 0 spiro atoms. The van der Waals surface area contributed by atoms with E-state index in [-0.39, 0.29) is 35.8 Å². The number of rotatable bonds is 4. The van der Waals surface area contributed by atoms with Gasteiger partial charge in [0, 0.05) is 13.6 Å². The zero-order valence-electron chi connectivity index (χ0n) is 10.9. The molecule has 1 aromatic carbocycles. The molecule has 1 atom stereocenters. The Morgan fingerprint density at radius 2 is 1.94 bits per heavy atom. The van der Waals surface area contributed by atoms with E-state index >= 15 is 0 Å². The van der Waals surface area contributed by atoms with Crippen LogP contribution < -0.4 is 11.1 Å². The van der Waals surface area contributed by atoms with Gasteiger partial charge in [0.2, 0.25) is 0 Å². The van der Waals surface area contributed by atoms with Gasteiger partial charge in [-0.25, -0.2) is 4.39 Å². The van der Waals surface area contributed by atoms with Crippen molar-refractivity contribution < 1.29 is 4.39 Å². The van der Waals surface area contributed by atoms with Crippen LogP contribution in [0.2, 0.25) is 0 Å². The Bertz CT molecular complexity index is 378. The molecule has 0 saturated carbocycles. The maximum atomic E-state index is 12.9. The Hall–Kier alpha value is -0.890. The fraction of sp³-hybridized carbons (Fsp3) is 0.417. The van der Waals surface area contributed by atoms with Gasteiger partial charge < -0.3 is 16.0 Å². The fourth-order valence-corrected chi connectivity index (χ4v) is 1.56. The largest absolute Gasteiger partial charge is 0.370 e. The lowest BCUT2D eigenvalue weighted by atomic mass is 10.1. The van der Waals surface area contributed by atoms with E-state index < -0.39 is 0 Å². The Balaban J connectivity index is 0.00000289. The summed E-state index contributed by atoms with van der Waals surface area (Å²) >= 11 is 0. The van der Waals surface area contributed by atoms with Crippen molar-refractivity contribution in [3.8, 4) is 0 Å². The number of nitrogens with one attached hydrogen (secondary N) is 1. The van der Waals surface area contributed by atoms with Gasteiger partial charge in [-0.15, -0.1) is 24.0 Å². The van der Waals surface area contributed by atoms with Gasteiger partial charge in [-0.05, 0) is 31.8 Å². The van der Waals surface area contributed by atoms with Crippen LogP contribution in [-0.2, 0) is 0 Å². The van der Waals surface area contributed by atoms with E-state index in [1.54, 1.807) is 19.2 Å². The molecule has 0 saturated heterocycles. The van der Waals surface area contributed by atoms with Gasteiger partial charge in [-0.1, -0.05) is 12.1 Å². The minimum absolute atomic E-state index is 0. The quantitative estimate of drug-likeness (QED) is 0.483. The molecule has 0 amide bonds. The molecule has 0 aromatic heterocycles. The molecule has 6 heteroatoms. The topological polar surface area (TPSA) is 53.6 Å². The van der Waals surface area contributed by atoms with Gasteiger partial charge in [0.1, 0.15) is 5.82 Å². The van der Waals surface area contributed by atoms with Gasteiger partial charge in [0.25, 0.3) is 0 Å². The van der Waals surface area contributed by atoms with E-state index in [2.05, 4.69) is 10.3 Å². The Kier molecular flexibility index (Phi) is 7.85. The molecular weight excluding hydrogens is 346 g/mol. The lowest BCUT2D eigenvalue weighted by Crippen LogP contribution is -2.38. The molecule has 0 aliphatic rings. The molecule has 4 nitrogen and oxygen atoms in total. The van der Waals surface area contributed by atoms with E-state index in [0.29, 0.717) is 12.5 Å². The number of aliphatic imine (C=N–C) groups is 1. The summed E-state index contributed by atoms with van der Waals surface area (Å²) in [7, 11) is 5.56. The van der Waals surface area contributed by atoms with Gasteiger partial charge in [-0.3, -0.25) is 4.99 Å². The van der Waals surface area contributed by atoms with Crippen LogP contribution in [0.25, 0.3) is 0 Å². The zero-order chi connectivity index (χ0) is 12.8. The highest BCUT2D eigenvalue weighted by molar-refractivity contribution is 14.0. The highest BCUT2D eigenvalue weighted by Crippen LogP contribution is 2.17. The molecule has 102 valence electrons. The number of likely N-dealkylation sites (N-methyl/N-ethyl adjacent to an activating group) is 1. The first kappa shape index (κ1) is 17.1. The summed E-state index contributed by atoms with van der Waals surface area (Å²) in [4.78, 5) is 5.88. The van der Waals surface area contributed by atoms with Gasteiger partial charge in [0.05, 0.1) is 6.04 Å². The van der Waals surface area contributed by atoms with Crippen molar-refractivity contribution in [3.63, 3.8) is 0 Å². The number of guanidine groups is 1. The number of hydrogen-bond acceptors (Lipinski definition) is 2. The Labute approximate surface area is 124 Å². The van der Waals surface area contributed by atoms with Crippen LogP contribution in [0.15, 0.2) is 29.3 Å². The molecular formula is C12H20FIN4. The van der Waals surface area contributed by atoms with Crippen LogP contribution >= 0.6 is 24.0 Å². The van der Waals surface area contributed by atoms with Crippen LogP contribution in [-0.4, -0.2) is 38.5 Å². The molecule has 0 radical (unpaired) electrons. The van der Waals surface area contributed by atoms with Crippen molar-refractivity contribution >= 4 is 29.9 Å². The summed E-state index contributed by atoms with van der Waals surface area (Å²) in [6.07, 6.45) is 0. The molecule has 0 bridgehead atoms. The van der Waals surface area contributed by atoms with Crippen molar-refractivity contribution in [2.45, 2.75) is 6.04 Å². The third kappa shape index (κ3) is 5.18. The minimum Gasteiger partial charge on any atom is -0.370 e. The maximum absolute atomic E-state index is 12.9. The average molecular weight is 366 g/mol. The normalized spacial score (nSPS) is 13.1. The number of nitrogens with zero attached hydrogens (tertiary/aromatic N) is 2. The number of hydrogen-bond donors (Lipinski definition) is 2. The number of benzene rings is 1. The highest BCUT2D eigenvalue weighted by Gasteiger charge is 2.13. The molecule has 18 heavy (non-hydrogen) atoms. The van der Waals surface area contributed by atoms with Gasteiger partial charge >= 0.3 is 0 Å². The van der Waals surface area contributed by atoms with Crippen LogP contribution in [0.4, 0.5) is 4.39 Å². The second kappa shape index (κ2) is 8.25. The van der Waals surface area contributed by atoms with E-state index in [4.69, 9.17) is 5.73 Å². The summed E-state index contributed by atoms with van der Waals surface area (Å²) in [5, 5.41) is 3.02. The van der Waals surface area contributed by atoms with Crippen LogP contribution in [0.5, 0.6) is 0 Å². The summed E-state index contributed by atoms with van der Waals surface area (Å²) < 4.78 is 12.9. The summed E-state index contributed by atoms with van der Waals surface area (Å²) in [6.45, 7) is 0.627. The van der Waals surface area contributed by atoms with Crippen LogP contribution in [0.3, 0.4) is 0 Å². The molecule has 0 aliphatic heterocycles. The van der Waals surface area contributed by atoms with Crippen molar-refractivity contribution in [1.82, 2.24) is 10.2 Å². The van der Waals surface area contributed by atoms with Gasteiger partial charge in [-0.2, -0.15) is 0 Å². The second-order valence-corrected chi connectivity index (χ2v) is 4.02. The first-order chi connectivity index (χ1) is 8.04. The standard InChI is InChI=1S/C12H19FN4.HI/c1-15-12(14)16-8-11(17(2)3)9-4-6-10(13)7-5-9;/h4-7,11H,8H2,1-3H3,(H3,14,15,16);1H. The second-order valence-electron chi connectivity index (χ2n) is 4.02. The zero-order valence-corrected chi connectivity index (χ0v) is 13.2. The Morgan fingerprint density at radius 3 is 2.39 bits per heavy atom. The monoisotopic (exact) mass is 366 g/mol. The predicted octanol–water partition coefficient (Wildman–Crippen LogP) is 1.58. The van der Waals surface area contributed by atoms with Crippen molar-refractivity contribution in [1.29, 1.82) is 0 Å². The molecule has 1 unspecified atom stereocenters. The molecule has 3 N–H and O–H groups in total. The first-order valence-corrected chi connectivity index (χ1v) is 5.42. The smallest absolute Gasteiger partial charge is 0.188 e. The van der Waals surface area contributed by atoms with Crippen molar-refractivity contribution in [2.24, 2.45) is 10.7 Å². The molecule has 0 aliphatic carbocycles. The molecule has 0 fully saturated rings. The van der Waals surface area contributed by atoms with Crippen LogP contribution in [0.1, 0.15) is 11.6 Å². The third-order valence-electron chi connectivity index (χ3n) is 2.60. The summed E-state index contributed by atoms with van der Waals surface area (Å²) in [6, 6.07) is 6.60. The SMILES string of the molecule is CN=C(N)NCC(c1ccc(F)cc1)N(C)C.I. The fourth-order valence-electron chi connectivity index (χ4n) is 1.56. The van der Waals surface area contributed by atoms with Crippen molar-refractivity contribution in [2.75, 3.05) is 27.7 Å². The van der Waals surface area contributed by atoms with Gasteiger partial charge in [0.15, 0.2) is 5.96 Å². The van der Waals surface area contributed by atoms with Crippen LogP contribution in [0, 0.1) is 5.82 Å². The summed E-state index contributed by atoms with van der Waals surface area (Å²) in [5.41, 5.74) is 6.62. The number of nitrogens with two attached hydrogens (primary N) is 1. The Morgan fingerprint density at radius 1 is 1.39 bits per heavy atom. The van der Waals surface area contributed by atoms with E-state index in [0.717, 1.165) is 5.56 Å². The van der Waals surface area contributed by atoms with E-state index in [9.17, 15) is 4.39 Å². The minimum atomic E-state index is -0.228. The average Bonchev–Trinajstić information content (AvgIpc) is 2.31. The number of halogens is 2. The van der Waals surface area contributed by atoms with Crippen molar-refractivity contribution in [3.05, 3.63) is 35.6 Å². The molecule has 0 heterocycles. The van der Waals surface area contributed by atoms with E-state index in [1.807, 2.05) is 19.0 Å². The molecule has 1 rings (SSSR count). The summed E-state index contributed by atoms with van der Waals surface area (Å²) in [5.74, 6) is 0.174. The lowest BCUT2D eigenvalue weighted by molar-refractivity contribution is 0.298. The molecule has 1 aromatic rings. The first-order valence-electron chi connectivity index (χ1n) is 5.42. The third-order valence-corrected chi connectivity index (χ3v) is 2.60. The lowest BCUT2D eigenvalue weighted by Gasteiger charge is -2.25. The highest BCUT2D eigenvalue weighted by atomic mass is 127. The predicted molar refractivity (Wildman–Crippen MR) is 83.8 cm³/mol. The maximum Gasteiger partial charge on any atom is 0.188 e.